The third kappa shape index (κ3) is 2.83. The van der Waals surface area contributed by atoms with Crippen LogP contribution in [-0.4, -0.2) is 12.1 Å². The summed E-state index contributed by atoms with van der Waals surface area (Å²) in [4.78, 5) is 5.63. The minimum Gasteiger partial charge on any atom is -0.496 e. The second-order valence-corrected chi connectivity index (χ2v) is 5.56. The molecule has 2 aromatic rings. The van der Waals surface area contributed by atoms with Crippen LogP contribution in [0.5, 0.6) is 5.75 Å². The number of aryl methyl sites for hydroxylation is 1. The van der Waals surface area contributed by atoms with Crippen molar-refractivity contribution in [3.63, 3.8) is 0 Å². The molecule has 3 nitrogen and oxygen atoms in total. The van der Waals surface area contributed by atoms with Gasteiger partial charge < -0.3 is 10.5 Å². The smallest absolute Gasteiger partial charge is 0.122 e. The van der Waals surface area contributed by atoms with Crippen LogP contribution < -0.4 is 10.5 Å². The SMILES string of the molecule is COc1ccc(Cl)cc1Cc1sc(CN)nc1C. The molecular formula is C13H15ClN2OS. The number of hydrogen-bond donors (Lipinski definition) is 1. The van der Waals surface area contributed by atoms with E-state index in [1.54, 1.807) is 18.4 Å². The van der Waals surface area contributed by atoms with Gasteiger partial charge in [-0.1, -0.05) is 11.6 Å². The average Bonchev–Trinajstić information content (AvgIpc) is 2.71. The molecule has 0 amide bonds. The molecule has 1 aromatic heterocycles. The van der Waals surface area contributed by atoms with E-state index < -0.39 is 0 Å². The maximum absolute atomic E-state index is 6.02. The van der Waals surface area contributed by atoms with Crippen molar-refractivity contribution < 1.29 is 4.74 Å². The van der Waals surface area contributed by atoms with E-state index in [4.69, 9.17) is 22.1 Å². The van der Waals surface area contributed by atoms with Gasteiger partial charge in [0.25, 0.3) is 0 Å². The Labute approximate surface area is 116 Å². The van der Waals surface area contributed by atoms with Crippen molar-refractivity contribution in [2.45, 2.75) is 19.9 Å². The van der Waals surface area contributed by atoms with Gasteiger partial charge >= 0.3 is 0 Å². The topological polar surface area (TPSA) is 48.1 Å². The quantitative estimate of drug-likeness (QED) is 0.937. The van der Waals surface area contributed by atoms with Crippen molar-refractivity contribution in [2.24, 2.45) is 5.73 Å². The number of rotatable bonds is 4. The summed E-state index contributed by atoms with van der Waals surface area (Å²) in [5.74, 6) is 0.849. The molecule has 0 saturated heterocycles. The van der Waals surface area contributed by atoms with E-state index in [-0.39, 0.29) is 0 Å². The minimum absolute atomic E-state index is 0.484. The van der Waals surface area contributed by atoms with Crippen molar-refractivity contribution in [3.05, 3.63) is 44.4 Å². The first kappa shape index (κ1) is 13.3. The predicted octanol–water partition coefficient (Wildman–Crippen LogP) is 3.16. The normalized spacial score (nSPS) is 10.7. The summed E-state index contributed by atoms with van der Waals surface area (Å²) >= 11 is 7.67. The molecule has 2 N–H and O–H groups in total. The fourth-order valence-corrected chi connectivity index (χ4v) is 2.96. The number of thiazole rings is 1. The van der Waals surface area contributed by atoms with E-state index in [1.807, 2.05) is 25.1 Å². The van der Waals surface area contributed by atoms with Gasteiger partial charge in [0.15, 0.2) is 0 Å². The summed E-state index contributed by atoms with van der Waals surface area (Å²) in [5.41, 5.74) is 7.71. The third-order valence-electron chi connectivity index (χ3n) is 2.71. The number of halogens is 1. The minimum atomic E-state index is 0.484. The highest BCUT2D eigenvalue weighted by molar-refractivity contribution is 7.11. The van der Waals surface area contributed by atoms with Gasteiger partial charge in [0.05, 0.1) is 12.8 Å². The van der Waals surface area contributed by atoms with Crippen LogP contribution in [0.2, 0.25) is 5.02 Å². The zero-order valence-electron chi connectivity index (χ0n) is 10.4. The van der Waals surface area contributed by atoms with Gasteiger partial charge in [-0.15, -0.1) is 11.3 Å². The van der Waals surface area contributed by atoms with Gasteiger partial charge in [-0.2, -0.15) is 0 Å². The highest BCUT2D eigenvalue weighted by Crippen LogP contribution is 2.28. The van der Waals surface area contributed by atoms with Crippen molar-refractivity contribution >= 4 is 22.9 Å². The van der Waals surface area contributed by atoms with Gasteiger partial charge in [0.2, 0.25) is 0 Å². The lowest BCUT2D eigenvalue weighted by Gasteiger charge is -2.08. The van der Waals surface area contributed by atoms with Gasteiger partial charge in [-0.25, -0.2) is 4.98 Å². The Morgan fingerprint density at radius 3 is 2.83 bits per heavy atom. The van der Waals surface area contributed by atoms with Crippen molar-refractivity contribution in [2.75, 3.05) is 7.11 Å². The molecule has 0 aliphatic carbocycles. The van der Waals surface area contributed by atoms with Crippen LogP contribution in [0.25, 0.3) is 0 Å². The molecule has 0 unspecified atom stereocenters. The van der Waals surface area contributed by atoms with E-state index in [9.17, 15) is 0 Å². The van der Waals surface area contributed by atoms with E-state index in [0.29, 0.717) is 11.6 Å². The number of ether oxygens (including phenoxy) is 1. The second-order valence-electron chi connectivity index (χ2n) is 3.95. The molecule has 96 valence electrons. The largest absolute Gasteiger partial charge is 0.496 e. The first-order chi connectivity index (χ1) is 8.63. The first-order valence-corrected chi connectivity index (χ1v) is 6.81. The lowest BCUT2D eigenvalue weighted by atomic mass is 10.1. The summed E-state index contributed by atoms with van der Waals surface area (Å²) in [7, 11) is 1.66. The molecule has 0 bridgehead atoms. The molecule has 0 spiro atoms. The Bertz CT molecular complexity index is 554. The van der Waals surface area contributed by atoms with Crippen molar-refractivity contribution in [1.29, 1.82) is 0 Å². The van der Waals surface area contributed by atoms with Crippen molar-refractivity contribution in [3.8, 4) is 5.75 Å². The first-order valence-electron chi connectivity index (χ1n) is 5.61. The average molecular weight is 283 g/mol. The molecule has 0 radical (unpaired) electrons. The highest BCUT2D eigenvalue weighted by Gasteiger charge is 2.11. The van der Waals surface area contributed by atoms with Gasteiger partial charge in [-0.3, -0.25) is 0 Å². The number of nitrogens with two attached hydrogens (primary N) is 1. The van der Waals surface area contributed by atoms with Crippen LogP contribution in [-0.2, 0) is 13.0 Å². The molecule has 0 saturated carbocycles. The number of aromatic nitrogens is 1. The van der Waals surface area contributed by atoms with Gasteiger partial charge in [-0.05, 0) is 25.1 Å². The molecule has 0 atom stereocenters. The number of nitrogens with zero attached hydrogens (tertiary/aromatic N) is 1. The van der Waals surface area contributed by atoms with Crippen LogP contribution in [0, 0.1) is 6.92 Å². The lowest BCUT2D eigenvalue weighted by molar-refractivity contribution is 0.410. The van der Waals surface area contributed by atoms with Gasteiger partial charge in [0, 0.05) is 28.4 Å². The summed E-state index contributed by atoms with van der Waals surface area (Å²) in [5, 5.41) is 1.68. The van der Waals surface area contributed by atoms with Crippen LogP contribution in [0.1, 0.15) is 21.1 Å². The van der Waals surface area contributed by atoms with Crippen LogP contribution in [0.15, 0.2) is 18.2 Å². The second kappa shape index (κ2) is 5.69. The number of hydrogen-bond acceptors (Lipinski definition) is 4. The van der Waals surface area contributed by atoms with Crippen LogP contribution in [0.3, 0.4) is 0 Å². The molecule has 2 rings (SSSR count). The highest BCUT2D eigenvalue weighted by atomic mass is 35.5. The fraction of sp³-hybridized carbons (Fsp3) is 0.308. The lowest BCUT2D eigenvalue weighted by Crippen LogP contribution is -1.94. The summed E-state index contributed by atoms with van der Waals surface area (Å²) in [6.07, 6.45) is 0.771. The Morgan fingerprint density at radius 1 is 1.44 bits per heavy atom. The molecule has 1 heterocycles. The van der Waals surface area contributed by atoms with E-state index in [1.165, 1.54) is 4.88 Å². The Morgan fingerprint density at radius 2 is 2.22 bits per heavy atom. The number of methoxy groups -OCH3 is 1. The van der Waals surface area contributed by atoms with Crippen molar-refractivity contribution in [1.82, 2.24) is 4.98 Å². The van der Waals surface area contributed by atoms with E-state index in [2.05, 4.69) is 4.98 Å². The van der Waals surface area contributed by atoms with Gasteiger partial charge in [0.1, 0.15) is 10.8 Å². The Hall–Kier alpha value is -1.10. The fourth-order valence-electron chi connectivity index (χ4n) is 1.80. The third-order valence-corrected chi connectivity index (χ3v) is 4.12. The predicted molar refractivity (Wildman–Crippen MR) is 75.6 cm³/mol. The summed E-state index contributed by atoms with van der Waals surface area (Å²) in [6.45, 7) is 2.49. The van der Waals surface area contributed by atoms with Crippen LogP contribution in [0.4, 0.5) is 0 Å². The molecule has 0 aliphatic rings. The van der Waals surface area contributed by atoms with E-state index in [0.717, 1.165) is 28.4 Å². The maximum atomic E-state index is 6.02. The standard InChI is InChI=1S/C13H15ClN2OS/c1-8-12(18-13(7-15)16-8)6-9-5-10(14)3-4-11(9)17-2/h3-5H,6-7,15H2,1-2H3. The van der Waals surface area contributed by atoms with E-state index >= 15 is 0 Å². The zero-order valence-corrected chi connectivity index (χ0v) is 11.9. The molecule has 1 aromatic carbocycles. The molecule has 18 heavy (non-hydrogen) atoms. The zero-order chi connectivity index (χ0) is 13.1. The monoisotopic (exact) mass is 282 g/mol. The molecular weight excluding hydrogens is 268 g/mol. The number of benzene rings is 1. The summed E-state index contributed by atoms with van der Waals surface area (Å²) in [6, 6.07) is 5.65. The Kier molecular flexibility index (Phi) is 4.22. The maximum Gasteiger partial charge on any atom is 0.122 e. The molecule has 0 fully saturated rings. The summed E-state index contributed by atoms with van der Waals surface area (Å²) < 4.78 is 5.35. The Balaban J connectivity index is 2.32. The molecule has 0 aliphatic heterocycles. The molecule has 5 heteroatoms. The van der Waals surface area contributed by atoms with Crippen LogP contribution >= 0.6 is 22.9 Å².